The third-order valence-electron chi connectivity index (χ3n) is 3.35. The molecule has 1 aromatic carbocycles. The molecule has 0 spiro atoms. The Hall–Kier alpha value is -1.76. The monoisotopic (exact) mass is 407 g/mol. The number of rotatable bonds is 2. The van der Waals surface area contributed by atoms with Gasteiger partial charge in [-0.05, 0) is 59.2 Å². The summed E-state index contributed by atoms with van der Waals surface area (Å²) in [5.41, 5.74) is 5.73. The molecule has 2 aromatic heterocycles. The van der Waals surface area contributed by atoms with Gasteiger partial charge < -0.3 is 4.98 Å². The molecule has 0 amide bonds. The highest BCUT2D eigenvalue weighted by molar-refractivity contribution is 14.1. The fourth-order valence-corrected chi connectivity index (χ4v) is 2.34. The second-order valence-electron chi connectivity index (χ2n) is 4.93. The number of H-pyrrole nitrogens is 1. The Labute approximate surface area is 143 Å². The van der Waals surface area contributed by atoms with Crippen LogP contribution in [0.2, 0.25) is 0 Å². The number of hydrogen-bond acceptors (Lipinski definition) is 3. The van der Waals surface area contributed by atoms with E-state index >= 15 is 0 Å². The molecule has 3 rings (SSSR count). The number of benzene rings is 1. The van der Waals surface area contributed by atoms with E-state index in [0.717, 1.165) is 28.7 Å². The van der Waals surface area contributed by atoms with Crippen LogP contribution >= 0.6 is 22.6 Å². The minimum absolute atomic E-state index is 0.137. The lowest BCUT2D eigenvalue weighted by Crippen LogP contribution is -1.91. The van der Waals surface area contributed by atoms with Gasteiger partial charge in [-0.1, -0.05) is 19.1 Å². The summed E-state index contributed by atoms with van der Waals surface area (Å²) in [6.07, 6.45) is 4.57. The molecule has 114 valence electrons. The highest BCUT2D eigenvalue weighted by Gasteiger charge is 2.08. The molecule has 4 nitrogen and oxygen atoms in total. The van der Waals surface area contributed by atoms with Crippen molar-refractivity contribution in [1.29, 1.82) is 0 Å². The summed E-state index contributed by atoms with van der Waals surface area (Å²) in [6, 6.07) is 8.55. The van der Waals surface area contributed by atoms with Crippen molar-refractivity contribution in [3.63, 3.8) is 0 Å². The zero-order valence-electron chi connectivity index (χ0n) is 12.9. The van der Waals surface area contributed by atoms with E-state index in [4.69, 9.17) is 0 Å². The van der Waals surface area contributed by atoms with Crippen LogP contribution < -0.4 is 0 Å². The van der Waals surface area contributed by atoms with Gasteiger partial charge in [0.25, 0.3) is 0 Å². The first-order chi connectivity index (χ1) is 10.5. The predicted octanol–water partition coefficient (Wildman–Crippen LogP) is 4.46. The van der Waals surface area contributed by atoms with Gasteiger partial charge in [0.2, 0.25) is 0 Å². The molecule has 0 fully saturated rings. The summed E-state index contributed by atoms with van der Waals surface area (Å²) in [6.45, 7) is 5.84. The Bertz CT molecular complexity index is 791. The average molecular weight is 407 g/mol. The van der Waals surface area contributed by atoms with Gasteiger partial charge in [0.05, 0.1) is 5.69 Å². The van der Waals surface area contributed by atoms with Crippen LogP contribution in [0.3, 0.4) is 0 Å². The van der Waals surface area contributed by atoms with Gasteiger partial charge in [-0.3, -0.25) is 4.79 Å². The van der Waals surface area contributed by atoms with Crippen LogP contribution in [0.1, 0.15) is 25.0 Å². The third kappa shape index (κ3) is 3.91. The number of aryl methyl sites for hydroxylation is 2. The van der Waals surface area contributed by atoms with Gasteiger partial charge in [0, 0.05) is 24.1 Å². The number of carbonyl (C=O) groups is 1. The van der Waals surface area contributed by atoms with Crippen molar-refractivity contribution in [3.8, 4) is 11.3 Å². The predicted molar refractivity (Wildman–Crippen MR) is 98.1 cm³/mol. The number of fused-ring (bicyclic) bond motifs is 1. The number of aromatic amines is 1. The lowest BCUT2D eigenvalue weighted by atomic mass is 10.0. The smallest absolute Gasteiger partial charge is 0.189 e. The van der Waals surface area contributed by atoms with Crippen molar-refractivity contribution in [3.05, 3.63) is 47.9 Å². The molecule has 0 atom stereocenters. The van der Waals surface area contributed by atoms with Crippen LogP contribution in [-0.4, -0.2) is 18.7 Å². The van der Waals surface area contributed by atoms with Crippen molar-refractivity contribution in [2.24, 2.45) is 0 Å². The minimum Gasteiger partial charge on any atom is -0.346 e. The molecule has 0 saturated heterocycles. The lowest BCUT2D eigenvalue weighted by Gasteiger charge is -2.07. The molecule has 2 heterocycles. The maximum Gasteiger partial charge on any atom is 0.189 e. The van der Waals surface area contributed by atoms with E-state index in [0.29, 0.717) is 0 Å². The topological polar surface area (TPSA) is 58.6 Å². The van der Waals surface area contributed by atoms with Crippen LogP contribution in [0.15, 0.2) is 36.8 Å². The Morgan fingerprint density at radius 3 is 2.64 bits per heavy atom. The number of nitrogens with zero attached hydrogens (tertiary/aromatic N) is 2. The highest BCUT2D eigenvalue weighted by atomic mass is 127. The highest BCUT2D eigenvalue weighted by Crippen LogP contribution is 2.26. The van der Waals surface area contributed by atoms with Crippen molar-refractivity contribution < 1.29 is 4.79 Å². The molecular formula is C17H18IN3O. The summed E-state index contributed by atoms with van der Waals surface area (Å²) in [7, 11) is 0. The van der Waals surface area contributed by atoms with E-state index in [9.17, 15) is 4.79 Å². The van der Waals surface area contributed by atoms with Gasteiger partial charge in [0.1, 0.15) is 12.0 Å². The fraction of sp³-hybridized carbons (Fsp3) is 0.235. The Balaban J connectivity index is 0.000000396. The molecule has 0 aliphatic heterocycles. The standard InChI is InChI=1S/C15H15N3.C2H3IO/c1-3-11-4-5-12(8-10(11)2)14-13-6-7-16-15(13)18-9-17-14;1-2(3)4/h4-9H,3H2,1-2H3,(H,16,17,18);1H3. The second-order valence-corrected chi connectivity index (χ2v) is 6.45. The summed E-state index contributed by atoms with van der Waals surface area (Å²) >= 11 is 1.70. The largest absolute Gasteiger partial charge is 0.346 e. The molecule has 3 aromatic rings. The SMILES string of the molecule is CC(=O)I.CCc1ccc(-c2ncnc3[nH]ccc23)cc1C. The number of carbonyl (C=O) groups excluding carboxylic acids is 1. The first-order valence-electron chi connectivity index (χ1n) is 7.07. The fourth-order valence-electron chi connectivity index (χ4n) is 2.34. The number of nitrogens with one attached hydrogen (secondary N) is 1. The number of aromatic nitrogens is 3. The van der Waals surface area contributed by atoms with E-state index in [1.807, 2.05) is 12.3 Å². The van der Waals surface area contributed by atoms with Crippen LogP contribution in [0.5, 0.6) is 0 Å². The maximum atomic E-state index is 9.43. The van der Waals surface area contributed by atoms with Crippen molar-refractivity contribution in [2.45, 2.75) is 27.2 Å². The van der Waals surface area contributed by atoms with E-state index in [-0.39, 0.29) is 3.79 Å². The Kier molecular flexibility index (Phi) is 5.65. The number of halogens is 1. The van der Waals surface area contributed by atoms with E-state index < -0.39 is 0 Å². The van der Waals surface area contributed by atoms with Crippen LogP contribution in [0, 0.1) is 6.92 Å². The molecule has 0 aliphatic rings. The summed E-state index contributed by atoms with van der Waals surface area (Å²) < 4.78 is 0.137. The molecule has 0 unspecified atom stereocenters. The normalized spacial score (nSPS) is 10.2. The van der Waals surface area contributed by atoms with Crippen LogP contribution in [-0.2, 0) is 11.2 Å². The first kappa shape index (κ1) is 16.6. The molecule has 22 heavy (non-hydrogen) atoms. The molecule has 1 N–H and O–H groups in total. The van der Waals surface area contributed by atoms with E-state index in [1.54, 1.807) is 28.9 Å². The van der Waals surface area contributed by atoms with Gasteiger partial charge >= 0.3 is 0 Å². The quantitative estimate of drug-likeness (QED) is 0.504. The molecule has 0 saturated carbocycles. The zero-order valence-corrected chi connectivity index (χ0v) is 15.0. The number of hydrogen-bond donors (Lipinski definition) is 1. The second kappa shape index (κ2) is 7.49. The van der Waals surface area contributed by atoms with Gasteiger partial charge in [-0.25, -0.2) is 9.97 Å². The van der Waals surface area contributed by atoms with E-state index in [1.165, 1.54) is 18.1 Å². The molecular weight excluding hydrogens is 389 g/mol. The first-order valence-corrected chi connectivity index (χ1v) is 8.14. The van der Waals surface area contributed by atoms with Crippen molar-refractivity contribution in [2.75, 3.05) is 0 Å². The van der Waals surface area contributed by atoms with E-state index in [2.05, 4.69) is 47.0 Å². The third-order valence-corrected chi connectivity index (χ3v) is 3.35. The minimum atomic E-state index is 0.137. The zero-order chi connectivity index (χ0) is 16.1. The van der Waals surface area contributed by atoms with Crippen LogP contribution in [0.4, 0.5) is 0 Å². The average Bonchev–Trinajstić information content (AvgIpc) is 2.95. The van der Waals surface area contributed by atoms with Crippen molar-refractivity contribution >= 4 is 37.4 Å². The summed E-state index contributed by atoms with van der Waals surface area (Å²) in [4.78, 5) is 21.2. The Morgan fingerprint density at radius 1 is 1.27 bits per heavy atom. The molecule has 0 bridgehead atoms. The summed E-state index contributed by atoms with van der Waals surface area (Å²) in [5.74, 6) is 0. The molecule has 0 aliphatic carbocycles. The van der Waals surface area contributed by atoms with Gasteiger partial charge in [-0.2, -0.15) is 0 Å². The molecule has 5 heteroatoms. The van der Waals surface area contributed by atoms with Gasteiger partial charge in [0.15, 0.2) is 3.79 Å². The molecule has 0 radical (unpaired) electrons. The maximum absolute atomic E-state index is 9.43. The lowest BCUT2D eigenvalue weighted by molar-refractivity contribution is -0.107. The summed E-state index contributed by atoms with van der Waals surface area (Å²) in [5, 5.41) is 1.07. The van der Waals surface area contributed by atoms with Gasteiger partial charge in [-0.15, -0.1) is 0 Å². The van der Waals surface area contributed by atoms with Crippen molar-refractivity contribution in [1.82, 2.24) is 15.0 Å². The Morgan fingerprint density at radius 2 is 2.00 bits per heavy atom. The van der Waals surface area contributed by atoms with Crippen LogP contribution in [0.25, 0.3) is 22.3 Å².